The van der Waals surface area contributed by atoms with Crippen molar-refractivity contribution in [2.75, 3.05) is 6.61 Å². The maximum Gasteiger partial charge on any atom is 0.129 e. The molecule has 1 atom stereocenters. The second-order valence-electron chi connectivity index (χ2n) is 5.04. The van der Waals surface area contributed by atoms with Gasteiger partial charge in [0.05, 0.1) is 6.61 Å². The van der Waals surface area contributed by atoms with Crippen molar-refractivity contribution in [2.45, 2.75) is 32.3 Å². The third kappa shape index (κ3) is 3.08. The minimum atomic E-state index is -1.39. The van der Waals surface area contributed by atoms with E-state index in [-0.39, 0.29) is 5.56 Å². The zero-order chi connectivity index (χ0) is 15.3. The molecular weight excluding hydrogens is 267 g/mol. The standard InChI is InChI=1S/C18H21FO2/c1-3-13-21-17-12-8-6-10-15(17)18(20,4-2)14-9-5-7-11-16(14)19/h5-12,20H,3-4,13H2,1-2H3. The topological polar surface area (TPSA) is 29.5 Å². The smallest absolute Gasteiger partial charge is 0.129 e. The van der Waals surface area contributed by atoms with Gasteiger partial charge in [-0.1, -0.05) is 50.2 Å². The average Bonchev–Trinajstić information content (AvgIpc) is 2.53. The first-order valence-electron chi connectivity index (χ1n) is 7.33. The number of benzene rings is 2. The fourth-order valence-electron chi connectivity index (χ4n) is 2.47. The van der Waals surface area contributed by atoms with Crippen LogP contribution in [0.4, 0.5) is 4.39 Å². The van der Waals surface area contributed by atoms with Crippen molar-refractivity contribution in [2.24, 2.45) is 0 Å². The van der Waals surface area contributed by atoms with E-state index in [1.54, 1.807) is 24.3 Å². The van der Waals surface area contributed by atoms with Crippen LogP contribution >= 0.6 is 0 Å². The maximum absolute atomic E-state index is 14.1. The predicted octanol–water partition coefficient (Wildman–Crippen LogP) is 4.26. The number of rotatable bonds is 6. The maximum atomic E-state index is 14.1. The van der Waals surface area contributed by atoms with E-state index in [1.807, 2.05) is 32.0 Å². The Kier molecular flexibility index (Phi) is 4.97. The Morgan fingerprint density at radius 1 is 1.00 bits per heavy atom. The number of para-hydroxylation sites is 1. The molecule has 2 nitrogen and oxygen atoms in total. The van der Waals surface area contributed by atoms with E-state index in [9.17, 15) is 9.50 Å². The van der Waals surface area contributed by atoms with Gasteiger partial charge in [0.1, 0.15) is 17.2 Å². The summed E-state index contributed by atoms with van der Waals surface area (Å²) in [6, 6.07) is 13.6. The molecule has 0 radical (unpaired) electrons. The predicted molar refractivity (Wildman–Crippen MR) is 81.9 cm³/mol. The second-order valence-corrected chi connectivity index (χ2v) is 5.04. The molecule has 0 aliphatic carbocycles. The van der Waals surface area contributed by atoms with Crippen LogP contribution in [0.5, 0.6) is 5.75 Å². The van der Waals surface area contributed by atoms with Crippen LogP contribution in [-0.4, -0.2) is 11.7 Å². The molecule has 0 saturated heterocycles. The molecule has 1 N–H and O–H groups in total. The summed E-state index contributed by atoms with van der Waals surface area (Å²) in [7, 11) is 0. The van der Waals surface area contributed by atoms with E-state index in [0.29, 0.717) is 24.3 Å². The van der Waals surface area contributed by atoms with Crippen molar-refractivity contribution in [1.29, 1.82) is 0 Å². The van der Waals surface area contributed by atoms with Crippen LogP contribution in [0, 0.1) is 5.82 Å². The molecule has 0 aliphatic rings. The summed E-state index contributed by atoms with van der Waals surface area (Å²) >= 11 is 0. The number of ether oxygens (including phenoxy) is 1. The van der Waals surface area contributed by atoms with Gasteiger partial charge in [0.15, 0.2) is 0 Å². The van der Waals surface area contributed by atoms with Gasteiger partial charge < -0.3 is 9.84 Å². The fourth-order valence-corrected chi connectivity index (χ4v) is 2.47. The number of hydrogen-bond acceptors (Lipinski definition) is 2. The number of aliphatic hydroxyl groups is 1. The Morgan fingerprint density at radius 2 is 1.62 bits per heavy atom. The third-order valence-corrected chi connectivity index (χ3v) is 3.63. The van der Waals surface area contributed by atoms with Gasteiger partial charge in [-0.05, 0) is 25.0 Å². The molecule has 2 rings (SSSR count). The minimum absolute atomic E-state index is 0.278. The summed E-state index contributed by atoms with van der Waals surface area (Å²) in [5.41, 5.74) is -0.513. The van der Waals surface area contributed by atoms with Crippen molar-refractivity contribution in [1.82, 2.24) is 0 Å². The molecule has 0 amide bonds. The zero-order valence-electron chi connectivity index (χ0n) is 12.5. The molecule has 0 heterocycles. The van der Waals surface area contributed by atoms with Crippen LogP contribution < -0.4 is 4.74 Å². The minimum Gasteiger partial charge on any atom is -0.493 e. The van der Waals surface area contributed by atoms with Crippen molar-refractivity contribution in [3.63, 3.8) is 0 Å². The van der Waals surface area contributed by atoms with E-state index in [2.05, 4.69) is 0 Å². The largest absolute Gasteiger partial charge is 0.493 e. The number of hydrogen-bond donors (Lipinski definition) is 1. The second kappa shape index (κ2) is 6.72. The van der Waals surface area contributed by atoms with Crippen molar-refractivity contribution in [3.05, 3.63) is 65.5 Å². The van der Waals surface area contributed by atoms with Crippen LogP contribution in [-0.2, 0) is 5.60 Å². The Bertz CT molecular complexity index is 597. The molecule has 0 bridgehead atoms. The Morgan fingerprint density at radius 3 is 2.24 bits per heavy atom. The summed E-state index contributed by atoms with van der Waals surface area (Å²) in [4.78, 5) is 0. The molecule has 0 saturated carbocycles. The molecular formula is C18H21FO2. The highest BCUT2D eigenvalue weighted by Gasteiger charge is 2.34. The molecule has 2 aromatic rings. The number of halogens is 1. The Hall–Kier alpha value is -1.87. The normalized spacial score (nSPS) is 13.7. The van der Waals surface area contributed by atoms with Gasteiger partial charge in [-0.15, -0.1) is 0 Å². The lowest BCUT2D eigenvalue weighted by Gasteiger charge is -2.30. The van der Waals surface area contributed by atoms with Gasteiger partial charge in [0, 0.05) is 11.1 Å². The molecule has 112 valence electrons. The lowest BCUT2D eigenvalue weighted by molar-refractivity contribution is 0.0689. The van der Waals surface area contributed by atoms with E-state index in [4.69, 9.17) is 4.74 Å². The quantitative estimate of drug-likeness (QED) is 0.860. The molecule has 0 aliphatic heterocycles. The van der Waals surface area contributed by atoms with Gasteiger partial charge in [-0.3, -0.25) is 0 Å². The van der Waals surface area contributed by atoms with Crippen LogP contribution in [0.3, 0.4) is 0 Å². The van der Waals surface area contributed by atoms with Gasteiger partial charge in [-0.25, -0.2) is 4.39 Å². The highest BCUT2D eigenvalue weighted by Crippen LogP contribution is 2.39. The van der Waals surface area contributed by atoms with Gasteiger partial charge in [-0.2, -0.15) is 0 Å². The highest BCUT2D eigenvalue weighted by molar-refractivity contribution is 5.45. The molecule has 0 aromatic heterocycles. The molecule has 0 fully saturated rings. The van der Waals surface area contributed by atoms with Crippen molar-refractivity contribution in [3.8, 4) is 5.75 Å². The first-order valence-corrected chi connectivity index (χ1v) is 7.33. The Balaban J connectivity index is 2.53. The average molecular weight is 288 g/mol. The van der Waals surface area contributed by atoms with Crippen molar-refractivity contribution >= 4 is 0 Å². The first-order chi connectivity index (χ1) is 10.1. The SMILES string of the molecule is CCCOc1ccccc1C(O)(CC)c1ccccc1F. The monoisotopic (exact) mass is 288 g/mol. The third-order valence-electron chi connectivity index (χ3n) is 3.63. The van der Waals surface area contributed by atoms with Crippen LogP contribution in [0.25, 0.3) is 0 Å². The summed E-state index contributed by atoms with van der Waals surface area (Å²) in [5.74, 6) is 0.194. The highest BCUT2D eigenvalue weighted by atomic mass is 19.1. The van der Waals surface area contributed by atoms with Crippen LogP contribution in [0.15, 0.2) is 48.5 Å². The lowest BCUT2D eigenvalue weighted by Crippen LogP contribution is -2.28. The van der Waals surface area contributed by atoms with Gasteiger partial charge in [0.2, 0.25) is 0 Å². The van der Waals surface area contributed by atoms with Gasteiger partial charge in [0.25, 0.3) is 0 Å². The van der Waals surface area contributed by atoms with Crippen LogP contribution in [0.1, 0.15) is 37.8 Å². The Labute approximate surface area is 125 Å². The summed E-state index contributed by atoms with van der Waals surface area (Å²) in [6.07, 6.45) is 1.24. The summed E-state index contributed by atoms with van der Waals surface area (Å²) in [6.45, 7) is 4.42. The molecule has 3 heteroatoms. The zero-order valence-corrected chi connectivity index (χ0v) is 12.5. The molecule has 21 heavy (non-hydrogen) atoms. The van der Waals surface area contributed by atoms with E-state index >= 15 is 0 Å². The van der Waals surface area contributed by atoms with Crippen LogP contribution in [0.2, 0.25) is 0 Å². The van der Waals surface area contributed by atoms with E-state index in [1.165, 1.54) is 6.07 Å². The van der Waals surface area contributed by atoms with E-state index in [0.717, 1.165) is 6.42 Å². The van der Waals surface area contributed by atoms with Crippen molar-refractivity contribution < 1.29 is 14.2 Å². The molecule has 2 aromatic carbocycles. The summed E-state index contributed by atoms with van der Waals surface area (Å²) in [5, 5.41) is 11.1. The molecule has 1 unspecified atom stereocenters. The molecule has 0 spiro atoms. The lowest BCUT2D eigenvalue weighted by atomic mass is 9.83. The summed E-state index contributed by atoms with van der Waals surface area (Å²) < 4.78 is 19.9. The van der Waals surface area contributed by atoms with E-state index < -0.39 is 11.4 Å². The first kappa shape index (κ1) is 15.5. The van der Waals surface area contributed by atoms with Gasteiger partial charge >= 0.3 is 0 Å². The fraction of sp³-hybridized carbons (Fsp3) is 0.333.